The molecule has 5 nitrogen and oxygen atoms in total. The number of hydrogen-bond acceptors (Lipinski definition) is 5. The van der Waals surface area contributed by atoms with Crippen molar-refractivity contribution in [1.29, 1.82) is 0 Å². The summed E-state index contributed by atoms with van der Waals surface area (Å²) in [5, 5.41) is 3.24. The fraction of sp³-hybridized carbons (Fsp3) is 0.667. The van der Waals surface area contributed by atoms with Crippen molar-refractivity contribution >= 4 is 17.4 Å². The fourth-order valence-corrected chi connectivity index (χ4v) is 1.74. The van der Waals surface area contributed by atoms with Gasteiger partial charge in [0, 0.05) is 13.7 Å². The van der Waals surface area contributed by atoms with Crippen LogP contribution in [-0.2, 0) is 4.74 Å². The predicted molar refractivity (Wildman–Crippen MR) is 72.6 cm³/mol. The molecule has 1 rings (SSSR count). The molecule has 6 heteroatoms. The number of nitrogens with zero attached hydrogens (tertiary/aromatic N) is 2. The lowest BCUT2D eigenvalue weighted by molar-refractivity contribution is 0.196. The molecule has 0 amide bonds. The Labute approximate surface area is 113 Å². The Balaban J connectivity index is 2.49. The van der Waals surface area contributed by atoms with E-state index in [1.165, 1.54) is 6.33 Å². The van der Waals surface area contributed by atoms with Crippen molar-refractivity contribution in [2.24, 2.45) is 0 Å². The van der Waals surface area contributed by atoms with Gasteiger partial charge in [0.05, 0.1) is 24.2 Å². The third-order valence-electron chi connectivity index (χ3n) is 2.42. The molecule has 0 radical (unpaired) electrons. The first-order valence-electron chi connectivity index (χ1n) is 6.00. The van der Waals surface area contributed by atoms with Gasteiger partial charge in [-0.1, -0.05) is 0 Å². The van der Waals surface area contributed by atoms with Gasteiger partial charge < -0.3 is 14.8 Å². The molecule has 0 aliphatic heterocycles. The molecule has 0 aromatic carbocycles. The van der Waals surface area contributed by atoms with Gasteiger partial charge in [-0.3, -0.25) is 0 Å². The van der Waals surface area contributed by atoms with E-state index in [1.807, 2.05) is 13.8 Å². The van der Waals surface area contributed by atoms with Crippen LogP contribution in [0.5, 0.6) is 5.88 Å². The quantitative estimate of drug-likeness (QED) is 0.736. The van der Waals surface area contributed by atoms with Crippen molar-refractivity contribution in [2.75, 3.05) is 32.2 Å². The van der Waals surface area contributed by atoms with Crippen LogP contribution in [0.25, 0.3) is 0 Å². The lowest BCUT2D eigenvalue weighted by Crippen LogP contribution is -2.14. The van der Waals surface area contributed by atoms with Crippen LogP contribution in [0.1, 0.15) is 18.9 Å². The van der Waals surface area contributed by atoms with E-state index in [-0.39, 0.29) is 5.38 Å². The summed E-state index contributed by atoms with van der Waals surface area (Å²) in [6, 6.07) is 0. The highest BCUT2D eigenvalue weighted by molar-refractivity contribution is 6.20. The van der Waals surface area contributed by atoms with Crippen molar-refractivity contribution in [3.63, 3.8) is 0 Å². The number of ether oxygens (including phenoxy) is 2. The maximum absolute atomic E-state index is 6.05. The molecule has 1 atom stereocenters. The molecule has 0 aliphatic rings. The van der Waals surface area contributed by atoms with Crippen LogP contribution >= 0.6 is 11.6 Å². The molecule has 0 spiro atoms. The van der Waals surface area contributed by atoms with Crippen LogP contribution in [0.2, 0.25) is 0 Å². The monoisotopic (exact) mass is 273 g/mol. The third-order valence-corrected chi connectivity index (χ3v) is 2.76. The smallest absolute Gasteiger partial charge is 0.221 e. The summed E-state index contributed by atoms with van der Waals surface area (Å²) in [7, 11) is 1.64. The van der Waals surface area contributed by atoms with Crippen LogP contribution in [0, 0.1) is 6.92 Å². The molecule has 1 heterocycles. The number of hydrogen-bond donors (Lipinski definition) is 1. The minimum atomic E-state index is 0.0102. The van der Waals surface area contributed by atoms with Crippen LogP contribution in [0.3, 0.4) is 0 Å². The van der Waals surface area contributed by atoms with E-state index in [1.54, 1.807) is 7.11 Å². The Kier molecular flexibility index (Phi) is 6.75. The number of alkyl halides is 1. The Bertz CT molecular complexity index is 363. The van der Waals surface area contributed by atoms with Gasteiger partial charge in [0.15, 0.2) is 0 Å². The summed E-state index contributed by atoms with van der Waals surface area (Å²) < 4.78 is 10.4. The van der Waals surface area contributed by atoms with Gasteiger partial charge in [-0.05, 0) is 20.3 Å². The predicted octanol–water partition coefficient (Wildman–Crippen LogP) is 2.24. The summed E-state index contributed by atoms with van der Waals surface area (Å²) in [6.45, 7) is 5.74. The van der Waals surface area contributed by atoms with Gasteiger partial charge in [-0.25, -0.2) is 9.97 Å². The molecule has 1 N–H and O–H groups in total. The first kappa shape index (κ1) is 15.0. The van der Waals surface area contributed by atoms with E-state index in [4.69, 9.17) is 21.1 Å². The minimum absolute atomic E-state index is 0.0102. The number of aromatic nitrogens is 2. The molecule has 18 heavy (non-hydrogen) atoms. The second-order valence-corrected chi connectivity index (χ2v) is 4.47. The average molecular weight is 274 g/mol. The van der Waals surface area contributed by atoms with Crippen molar-refractivity contribution in [1.82, 2.24) is 9.97 Å². The highest BCUT2D eigenvalue weighted by atomic mass is 35.5. The summed E-state index contributed by atoms with van der Waals surface area (Å²) in [5.74, 6) is 1.41. The summed E-state index contributed by atoms with van der Waals surface area (Å²) in [4.78, 5) is 8.27. The summed E-state index contributed by atoms with van der Waals surface area (Å²) >= 11 is 6.05. The number of nitrogens with one attached hydrogen (secondary N) is 1. The SMILES string of the molecule is CCOc1ncnc(NCCC(Cl)COC)c1C. The molecule has 102 valence electrons. The molecule has 0 bridgehead atoms. The van der Waals surface area contributed by atoms with Crippen LogP contribution < -0.4 is 10.1 Å². The second kappa shape index (κ2) is 8.11. The lowest BCUT2D eigenvalue weighted by Gasteiger charge is -2.12. The number of halogens is 1. The van der Waals surface area contributed by atoms with Gasteiger partial charge >= 0.3 is 0 Å². The summed E-state index contributed by atoms with van der Waals surface area (Å²) in [6.07, 6.45) is 2.30. The molecular weight excluding hydrogens is 254 g/mol. The van der Waals surface area contributed by atoms with Crippen LogP contribution in [-0.4, -0.2) is 42.2 Å². The molecule has 0 aliphatic carbocycles. The maximum atomic E-state index is 6.05. The van der Waals surface area contributed by atoms with E-state index in [2.05, 4.69) is 15.3 Å². The normalized spacial score (nSPS) is 12.2. The van der Waals surface area contributed by atoms with E-state index in [0.29, 0.717) is 19.1 Å². The van der Waals surface area contributed by atoms with E-state index < -0.39 is 0 Å². The van der Waals surface area contributed by atoms with Crippen molar-refractivity contribution in [3.05, 3.63) is 11.9 Å². The molecule has 0 fully saturated rings. The van der Waals surface area contributed by atoms with Crippen molar-refractivity contribution in [2.45, 2.75) is 25.6 Å². The molecule has 0 saturated carbocycles. The zero-order chi connectivity index (χ0) is 13.4. The van der Waals surface area contributed by atoms with Crippen molar-refractivity contribution < 1.29 is 9.47 Å². The Hall–Kier alpha value is -1.07. The first-order valence-corrected chi connectivity index (χ1v) is 6.44. The van der Waals surface area contributed by atoms with Gasteiger partial charge in [0.1, 0.15) is 12.1 Å². The van der Waals surface area contributed by atoms with Gasteiger partial charge in [-0.15, -0.1) is 11.6 Å². The largest absolute Gasteiger partial charge is 0.478 e. The number of rotatable bonds is 8. The molecule has 1 aromatic rings. The Morgan fingerprint density at radius 2 is 2.22 bits per heavy atom. The Morgan fingerprint density at radius 3 is 2.89 bits per heavy atom. The number of anilines is 1. The molecule has 1 unspecified atom stereocenters. The van der Waals surface area contributed by atoms with Crippen LogP contribution in [0.4, 0.5) is 5.82 Å². The standard InChI is InChI=1S/C12H20ClN3O2/c1-4-18-12-9(2)11(15-8-16-12)14-6-5-10(13)7-17-3/h8,10H,4-7H2,1-3H3,(H,14,15,16). The third kappa shape index (κ3) is 4.66. The lowest BCUT2D eigenvalue weighted by atomic mass is 10.3. The van der Waals surface area contributed by atoms with E-state index in [0.717, 1.165) is 24.3 Å². The van der Waals surface area contributed by atoms with Gasteiger partial charge in [-0.2, -0.15) is 0 Å². The van der Waals surface area contributed by atoms with E-state index in [9.17, 15) is 0 Å². The zero-order valence-corrected chi connectivity index (χ0v) is 11.8. The minimum Gasteiger partial charge on any atom is -0.478 e. The first-order chi connectivity index (χ1) is 8.69. The molecular formula is C12H20ClN3O2. The zero-order valence-electron chi connectivity index (χ0n) is 11.1. The topological polar surface area (TPSA) is 56.3 Å². The molecule has 1 aromatic heterocycles. The highest BCUT2D eigenvalue weighted by Crippen LogP contribution is 2.20. The van der Waals surface area contributed by atoms with Gasteiger partial charge in [0.2, 0.25) is 5.88 Å². The molecule has 0 saturated heterocycles. The van der Waals surface area contributed by atoms with Gasteiger partial charge in [0.25, 0.3) is 0 Å². The van der Waals surface area contributed by atoms with E-state index >= 15 is 0 Å². The highest BCUT2D eigenvalue weighted by Gasteiger charge is 2.08. The van der Waals surface area contributed by atoms with Crippen molar-refractivity contribution in [3.8, 4) is 5.88 Å². The van der Waals surface area contributed by atoms with Crippen LogP contribution in [0.15, 0.2) is 6.33 Å². The maximum Gasteiger partial charge on any atom is 0.221 e. The fourth-order valence-electron chi connectivity index (χ4n) is 1.51. The second-order valence-electron chi connectivity index (χ2n) is 3.85. The Morgan fingerprint density at radius 1 is 1.44 bits per heavy atom. The summed E-state index contributed by atoms with van der Waals surface area (Å²) in [5.41, 5.74) is 0.914. The number of methoxy groups -OCH3 is 1. The average Bonchev–Trinajstić information content (AvgIpc) is 2.34.